The SMILES string of the molecule is C=Cc1cc(OCCO)cc(OC(F)(F)F)c1. The van der Waals surface area contributed by atoms with E-state index < -0.39 is 6.36 Å². The van der Waals surface area contributed by atoms with E-state index in [4.69, 9.17) is 9.84 Å². The molecular weight excluding hydrogens is 237 g/mol. The molecule has 0 heterocycles. The molecule has 3 nitrogen and oxygen atoms in total. The highest BCUT2D eigenvalue weighted by Gasteiger charge is 2.31. The Morgan fingerprint density at radius 1 is 1.24 bits per heavy atom. The average molecular weight is 248 g/mol. The lowest BCUT2D eigenvalue weighted by atomic mass is 10.2. The molecule has 0 saturated heterocycles. The molecule has 0 unspecified atom stereocenters. The molecule has 0 aliphatic heterocycles. The zero-order valence-corrected chi connectivity index (χ0v) is 8.83. The number of hydrogen-bond acceptors (Lipinski definition) is 3. The standard InChI is InChI=1S/C11H11F3O3/c1-2-8-5-9(16-4-3-15)7-10(6-8)17-11(12,13)14/h2,5-7,15H,1,3-4H2. The summed E-state index contributed by atoms with van der Waals surface area (Å²) in [5.41, 5.74) is 0.430. The third kappa shape index (κ3) is 4.78. The Morgan fingerprint density at radius 2 is 1.88 bits per heavy atom. The fourth-order valence-corrected chi connectivity index (χ4v) is 1.15. The summed E-state index contributed by atoms with van der Waals surface area (Å²) < 4.78 is 44.9. The molecule has 0 fully saturated rings. The Balaban J connectivity index is 2.92. The van der Waals surface area contributed by atoms with Crippen LogP contribution in [0, 0.1) is 0 Å². The van der Waals surface area contributed by atoms with E-state index in [2.05, 4.69) is 11.3 Å². The van der Waals surface area contributed by atoms with Crippen LogP contribution < -0.4 is 9.47 Å². The largest absolute Gasteiger partial charge is 0.573 e. The quantitative estimate of drug-likeness (QED) is 0.870. The van der Waals surface area contributed by atoms with Gasteiger partial charge in [0.15, 0.2) is 0 Å². The van der Waals surface area contributed by atoms with Crippen LogP contribution in [0.3, 0.4) is 0 Å². The van der Waals surface area contributed by atoms with Crippen LogP contribution in [0.1, 0.15) is 5.56 Å². The molecule has 0 saturated carbocycles. The summed E-state index contributed by atoms with van der Waals surface area (Å²) in [6.07, 6.45) is -3.39. The molecule has 0 aromatic heterocycles. The minimum atomic E-state index is -4.76. The zero-order chi connectivity index (χ0) is 12.9. The van der Waals surface area contributed by atoms with Gasteiger partial charge in [0.1, 0.15) is 18.1 Å². The molecule has 0 bridgehead atoms. The Labute approximate surface area is 96.1 Å². The molecule has 0 amide bonds. The predicted octanol–water partition coefficient (Wildman–Crippen LogP) is 2.60. The maximum Gasteiger partial charge on any atom is 0.573 e. The zero-order valence-electron chi connectivity index (χ0n) is 8.83. The Hall–Kier alpha value is -1.69. The van der Waals surface area contributed by atoms with Crippen LogP contribution in [-0.4, -0.2) is 24.7 Å². The van der Waals surface area contributed by atoms with Crippen molar-refractivity contribution < 1.29 is 27.8 Å². The smallest absolute Gasteiger partial charge is 0.491 e. The highest BCUT2D eigenvalue weighted by molar-refractivity contribution is 5.53. The summed E-state index contributed by atoms with van der Waals surface area (Å²) in [4.78, 5) is 0. The van der Waals surface area contributed by atoms with Crippen LogP contribution in [0.2, 0.25) is 0 Å². The summed E-state index contributed by atoms with van der Waals surface area (Å²) in [5, 5.41) is 8.55. The van der Waals surface area contributed by atoms with Gasteiger partial charge in [0.2, 0.25) is 0 Å². The predicted molar refractivity (Wildman–Crippen MR) is 55.8 cm³/mol. The minimum Gasteiger partial charge on any atom is -0.491 e. The highest BCUT2D eigenvalue weighted by Crippen LogP contribution is 2.28. The van der Waals surface area contributed by atoms with Gasteiger partial charge in [0.25, 0.3) is 0 Å². The Bertz CT molecular complexity index is 388. The molecule has 17 heavy (non-hydrogen) atoms. The van der Waals surface area contributed by atoms with Crippen LogP contribution in [-0.2, 0) is 0 Å². The average Bonchev–Trinajstić information content (AvgIpc) is 2.23. The van der Waals surface area contributed by atoms with E-state index in [0.717, 1.165) is 6.07 Å². The van der Waals surface area contributed by atoms with Gasteiger partial charge in [0.05, 0.1) is 6.61 Å². The lowest BCUT2D eigenvalue weighted by Gasteiger charge is -2.12. The monoisotopic (exact) mass is 248 g/mol. The molecule has 0 atom stereocenters. The summed E-state index contributed by atoms with van der Waals surface area (Å²) in [6.45, 7) is 3.21. The topological polar surface area (TPSA) is 38.7 Å². The first-order chi connectivity index (χ1) is 7.94. The van der Waals surface area contributed by atoms with Gasteiger partial charge in [-0.15, -0.1) is 13.2 Å². The van der Waals surface area contributed by atoms with E-state index >= 15 is 0 Å². The molecule has 1 aromatic carbocycles. The summed E-state index contributed by atoms with van der Waals surface area (Å²) in [5.74, 6) is -0.210. The van der Waals surface area contributed by atoms with Crippen LogP contribution in [0.15, 0.2) is 24.8 Å². The summed E-state index contributed by atoms with van der Waals surface area (Å²) >= 11 is 0. The van der Waals surface area contributed by atoms with Crippen LogP contribution in [0.4, 0.5) is 13.2 Å². The molecule has 0 spiro atoms. The van der Waals surface area contributed by atoms with E-state index in [9.17, 15) is 13.2 Å². The van der Waals surface area contributed by atoms with E-state index in [-0.39, 0.29) is 24.7 Å². The maximum atomic E-state index is 12.0. The van der Waals surface area contributed by atoms with Gasteiger partial charge < -0.3 is 14.6 Å². The minimum absolute atomic E-state index is 0.00788. The third-order valence-corrected chi connectivity index (χ3v) is 1.73. The number of aliphatic hydroxyl groups is 1. The number of benzene rings is 1. The van der Waals surface area contributed by atoms with Crippen molar-refractivity contribution in [3.05, 3.63) is 30.3 Å². The molecule has 0 aliphatic carbocycles. The van der Waals surface area contributed by atoms with Crippen molar-refractivity contribution in [1.82, 2.24) is 0 Å². The van der Waals surface area contributed by atoms with Gasteiger partial charge in [-0.2, -0.15) is 0 Å². The lowest BCUT2D eigenvalue weighted by molar-refractivity contribution is -0.274. The normalized spacial score (nSPS) is 11.1. The molecule has 0 aliphatic rings. The summed E-state index contributed by atoms with van der Waals surface area (Å²) in [6, 6.07) is 3.77. The second-order valence-corrected chi connectivity index (χ2v) is 3.06. The Kier molecular flexibility index (Phi) is 4.39. The fourth-order valence-electron chi connectivity index (χ4n) is 1.15. The molecule has 6 heteroatoms. The first-order valence-electron chi connectivity index (χ1n) is 4.71. The Morgan fingerprint density at radius 3 is 2.41 bits per heavy atom. The van der Waals surface area contributed by atoms with Gasteiger partial charge in [-0.25, -0.2) is 0 Å². The van der Waals surface area contributed by atoms with E-state index in [0.29, 0.717) is 5.56 Å². The number of halogens is 3. The number of ether oxygens (including phenoxy) is 2. The van der Waals surface area contributed by atoms with Gasteiger partial charge in [-0.3, -0.25) is 0 Å². The molecular formula is C11H11F3O3. The van der Waals surface area contributed by atoms with Crippen molar-refractivity contribution in [1.29, 1.82) is 0 Å². The van der Waals surface area contributed by atoms with Crippen LogP contribution >= 0.6 is 0 Å². The van der Waals surface area contributed by atoms with Gasteiger partial charge in [0, 0.05) is 6.07 Å². The van der Waals surface area contributed by atoms with E-state index in [1.807, 2.05) is 0 Å². The van der Waals surface area contributed by atoms with Gasteiger partial charge >= 0.3 is 6.36 Å². The molecule has 0 radical (unpaired) electrons. The highest BCUT2D eigenvalue weighted by atomic mass is 19.4. The van der Waals surface area contributed by atoms with Crippen LogP contribution in [0.5, 0.6) is 11.5 Å². The first kappa shape index (κ1) is 13.4. The second-order valence-electron chi connectivity index (χ2n) is 3.06. The van der Waals surface area contributed by atoms with Crippen molar-refractivity contribution in [2.24, 2.45) is 0 Å². The van der Waals surface area contributed by atoms with Gasteiger partial charge in [-0.05, 0) is 17.7 Å². The molecule has 1 aromatic rings. The van der Waals surface area contributed by atoms with Crippen LogP contribution in [0.25, 0.3) is 6.08 Å². The van der Waals surface area contributed by atoms with Crippen molar-refractivity contribution in [3.63, 3.8) is 0 Å². The molecule has 1 N–H and O–H groups in total. The number of aliphatic hydroxyl groups excluding tert-OH is 1. The van der Waals surface area contributed by atoms with Crippen molar-refractivity contribution in [2.75, 3.05) is 13.2 Å². The second kappa shape index (κ2) is 5.58. The molecule has 1 rings (SSSR count). The number of hydrogen-bond donors (Lipinski definition) is 1. The molecule has 94 valence electrons. The lowest BCUT2D eigenvalue weighted by Crippen LogP contribution is -2.17. The maximum absolute atomic E-state index is 12.0. The van der Waals surface area contributed by atoms with Crippen molar-refractivity contribution in [2.45, 2.75) is 6.36 Å². The number of rotatable bonds is 5. The van der Waals surface area contributed by atoms with E-state index in [1.54, 1.807) is 0 Å². The fraction of sp³-hybridized carbons (Fsp3) is 0.273. The van der Waals surface area contributed by atoms with Gasteiger partial charge in [-0.1, -0.05) is 12.7 Å². The van der Waals surface area contributed by atoms with E-state index in [1.165, 1.54) is 18.2 Å². The summed E-state index contributed by atoms with van der Waals surface area (Å²) in [7, 11) is 0. The third-order valence-electron chi connectivity index (χ3n) is 1.73. The van der Waals surface area contributed by atoms with Crippen molar-refractivity contribution in [3.8, 4) is 11.5 Å². The van der Waals surface area contributed by atoms with Crippen molar-refractivity contribution >= 4 is 6.08 Å². The first-order valence-corrected chi connectivity index (χ1v) is 4.71. The number of alkyl halides is 3.